The van der Waals surface area contributed by atoms with E-state index in [1.54, 1.807) is 0 Å². The van der Waals surface area contributed by atoms with Crippen molar-refractivity contribution in [1.29, 1.82) is 0 Å². The minimum Gasteiger partial charge on any atom is -0.330 e. The van der Waals surface area contributed by atoms with E-state index in [1.807, 2.05) is 0 Å². The summed E-state index contributed by atoms with van der Waals surface area (Å²) in [6.45, 7) is 7.60. The van der Waals surface area contributed by atoms with Gasteiger partial charge in [0.25, 0.3) is 0 Å². The molecule has 0 heterocycles. The van der Waals surface area contributed by atoms with Crippen LogP contribution in [-0.2, 0) is 5.41 Å². The highest BCUT2D eigenvalue weighted by Crippen LogP contribution is 2.35. The third kappa shape index (κ3) is 3.32. The molecule has 0 aliphatic carbocycles. The fourth-order valence-corrected chi connectivity index (χ4v) is 2.73. The van der Waals surface area contributed by atoms with Crippen molar-refractivity contribution in [3.8, 4) is 0 Å². The van der Waals surface area contributed by atoms with Gasteiger partial charge in [0.2, 0.25) is 0 Å². The van der Waals surface area contributed by atoms with E-state index < -0.39 is 0 Å². The highest BCUT2D eigenvalue weighted by atomic mass is 14.6. The van der Waals surface area contributed by atoms with Gasteiger partial charge in [-0.2, -0.15) is 0 Å². The van der Waals surface area contributed by atoms with Gasteiger partial charge in [-0.1, -0.05) is 63.9 Å². The molecule has 96 valence electrons. The van der Waals surface area contributed by atoms with E-state index >= 15 is 0 Å². The van der Waals surface area contributed by atoms with Crippen LogP contribution in [0.25, 0.3) is 0 Å². The van der Waals surface area contributed by atoms with Crippen molar-refractivity contribution in [1.82, 2.24) is 0 Å². The lowest BCUT2D eigenvalue weighted by Crippen LogP contribution is -2.36. The molecule has 0 amide bonds. The summed E-state index contributed by atoms with van der Waals surface area (Å²) in [5.74, 6) is 0.790. The maximum Gasteiger partial charge on any atom is 0.00755 e. The Balaban J connectivity index is 2.96. The minimum atomic E-state index is 0.179. The number of rotatable bonds is 7. The molecular formula is C16H27N. The van der Waals surface area contributed by atoms with E-state index in [4.69, 9.17) is 5.73 Å². The smallest absolute Gasteiger partial charge is 0.00755 e. The lowest BCUT2D eigenvalue weighted by molar-refractivity contribution is 0.297. The van der Waals surface area contributed by atoms with Crippen molar-refractivity contribution in [3.63, 3.8) is 0 Å². The maximum atomic E-state index is 6.11. The molecule has 0 fully saturated rings. The predicted octanol–water partition coefficient (Wildman–Crippen LogP) is 4.12. The first kappa shape index (κ1) is 14.2. The van der Waals surface area contributed by atoms with Gasteiger partial charge in [0, 0.05) is 12.0 Å². The summed E-state index contributed by atoms with van der Waals surface area (Å²) in [7, 11) is 0. The first-order chi connectivity index (χ1) is 8.22. The Morgan fingerprint density at radius 1 is 1.06 bits per heavy atom. The molecular weight excluding hydrogens is 206 g/mol. The van der Waals surface area contributed by atoms with Gasteiger partial charge in [0.1, 0.15) is 0 Å². The van der Waals surface area contributed by atoms with Crippen molar-refractivity contribution in [2.24, 2.45) is 11.7 Å². The van der Waals surface area contributed by atoms with Crippen LogP contribution in [0.5, 0.6) is 0 Å². The second kappa shape index (κ2) is 6.80. The molecule has 0 saturated heterocycles. The maximum absolute atomic E-state index is 6.11. The Morgan fingerprint density at radius 3 is 2.06 bits per heavy atom. The second-order valence-electron chi connectivity index (χ2n) is 5.09. The van der Waals surface area contributed by atoms with Gasteiger partial charge in [0.05, 0.1) is 0 Å². The number of nitrogens with two attached hydrogens (primary N) is 1. The van der Waals surface area contributed by atoms with Gasteiger partial charge < -0.3 is 5.73 Å². The zero-order valence-electron chi connectivity index (χ0n) is 11.6. The molecule has 0 saturated carbocycles. The lowest BCUT2D eigenvalue weighted by Gasteiger charge is -2.35. The zero-order valence-corrected chi connectivity index (χ0v) is 11.6. The molecule has 1 atom stereocenters. The van der Waals surface area contributed by atoms with Crippen molar-refractivity contribution in [2.75, 3.05) is 6.54 Å². The Morgan fingerprint density at radius 2 is 1.65 bits per heavy atom. The van der Waals surface area contributed by atoms with Gasteiger partial charge in [0.15, 0.2) is 0 Å². The number of hydrogen-bond acceptors (Lipinski definition) is 1. The molecule has 1 nitrogen and oxygen atoms in total. The van der Waals surface area contributed by atoms with Crippen molar-refractivity contribution in [3.05, 3.63) is 35.9 Å². The van der Waals surface area contributed by atoms with Crippen LogP contribution in [0.2, 0.25) is 0 Å². The van der Waals surface area contributed by atoms with Crippen LogP contribution in [0.3, 0.4) is 0 Å². The molecule has 1 aromatic carbocycles. The topological polar surface area (TPSA) is 26.0 Å². The molecule has 0 aliphatic rings. The van der Waals surface area contributed by atoms with Crippen molar-refractivity contribution >= 4 is 0 Å². The van der Waals surface area contributed by atoms with Crippen LogP contribution in [0.4, 0.5) is 0 Å². The molecule has 0 spiro atoms. The summed E-state index contributed by atoms with van der Waals surface area (Å²) in [4.78, 5) is 0. The predicted molar refractivity (Wildman–Crippen MR) is 76.2 cm³/mol. The molecule has 1 rings (SSSR count). The molecule has 1 aromatic rings. The Bertz CT molecular complexity index is 297. The van der Waals surface area contributed by atoms with E-state index in [-0.39, 0.29) is 5.41 Å². The Kier molecular flexibility index (Phi) is 5.70. The fraction of sp³-hybridized carbons (Fsp3) is 0.625. The van der Waals surface area contributed by atoms with Gasteiger partial charge in [-0.15, -0.1) is 0 Å². The first-order valence-electron chi connectivity index (χ1n) is 6.98. The fourth-order valence-electron chi connectivity index (χ4n) is 2.73. The summed E-state index contributed by atoms with van der Waals surface area (Å²) in [6.07, 6.45) is 4.86. The van der Waals surface area contributed by atoms with E-state index in [0.717, 1.165) is 18.9 Å². The van der Waals surface area contributed by atoms with Crippen molar-refractivity contribution < 1.29 is 0 Å². The van der Waals surface area contributed by atoms with Gasteiger partial charge in [-0.3, -0.25) is 0 Å². The van der Waals surface area contributed by atoms with Gasteiger partial charge in [-0.05, 0) is 24.3 Å². The third-order valence-electron chi connectivity index (χ3n) is 4.29. The number of hydrogen-bond donors (Lipinski definition) is 1. The average molecular weight is 233 g/mol. The van der Waals surface area contributed by atoms with Crippen LogP contribution in [0.1, 0.15) is 52.0 Å². The largest absolute Gasteiger partial charge is 0.330 e. The Labute approximate surface area is 106 Å². The lowest BCUT2D eigenvalue weighted by atomic mass is 9.71. The van der Waals surface area contributed by atoms with Crippen LogP contribution in [0.15, 0.2) is 30.3 Å². The summed E-state index contributed by atoms with van der Waals surface area (Å²) >= 11 is 0. The third-order valence-corrected chi connectivity index (χ3v) is 4.29. The van der Waals surface area contributed by atoms with E-state index in [1.165, 1.54) is 24.8 Å². The molecule has 2 N–H and O–H groups in total. The normalized spacial score (nSPS) is 14.9. The standard InChI is InChI=1S/C16H27N/c1-4-14(5-2)12-16(6-3,13-17)15-10-8-7-9-11-15/h7-11,14H,4-6,12-13,17H2,1-3H3. The molecule has 1 unspecified atom stereocenters. The van der Waals surface area contributed by atoms with Crippen LogP contribution < -0.4 is 5.73 Å². The molecule has 17 heavy (non-hydrogen) atoms. The van der Waals surface area contributed by atoms with E-state index in [0.29, 0.717) is 0 Å². The van der Waals surface area contributed by atoms with Crippen LogP contribution in [0, 0.1) is 5.92 Å². The van der Waals surface area contributed by atoms with Gasteiger partial charge in [-0.25, -0.2) is 0 Å². The van der Waals surface area contributed by atoms with Crippen LogP contribution >= 0.6 is 0 Å². The Hall–Kier alpha value is -0.820. The summed E-state index contributed by atoms with van der Waals surface area (Å²) in [5.41, 5.74) is 7.70. The summed E-state index contributed by atoms with van der Waals surface area (Å²) in [5, 5.41) is 0. The van der Waals surface area contributed by atoms with Crippen molar-refractivity contribution in [2.45, 2.75) is 51.9 Å². The molecule has 0 aliphatic heterocycles. The van der Waals surface area contributed by atoms with E-state index in [2.05, 4.69) is 51.1 Å². The summed E-state index contributed by atoms with van der Waals surface area (Å²) in [6, 6.07) is 10.8. The van der Waals surface area contributed by atoms with Crippen LogP contribution in [-0.4, -0.2) is 6.54 Å². The SMILES string of the molecule is CCC(CC)CC(CC)(CN)c1ccccc1. The molecule has 0 bridgehead atoms. The van der Waals surface area contributed by atoms with Gasteiger partial charge >= 0.3 is 0 Å². The molecule has 0 radical (unpaired) electrons. The monoisotopic (exact) mass is 233 g/mol. The number of benzene rings is 1. The first-order valence-corrected chi connectivity index (χ1v) is 6.98. The zero-order chi connectivity index (χ0) is 12.7. The average Bonchev–Trinajstić information content (AvgIpc) is 2.42. The minimum absolute atomic E-state index is 0.179. The molecule has 0 aromatic heterocycles. The quantitative estimate of drug-likeness (QED) is 0.753. The second-order valence-corrected chi connectivity index (χ2v) is 5.09. The highest BCUT2D eigenvalue weighted by Gasteiger charge is 2.30. The van der Waals surface area contributed by atoms with E-state index in [9.17, 15) is 0 Å². The highest BCUT2D eigenvalue weighted by molar-refractivity contribution is 5.26. The molecule has 1 heteroatoms. The summed E-state index contributed by atoms with van der Waals surface area (Å²) < 4.78 is 0.